The molecule has 0 atom stereocenters. The van der Waals surface area contributed by atoms with Crippen molar-refractivity contribution in [2.45, 2.75) is 65.6 Å². The second-order valence-electron chi connectivity index (χ2n) is 11.4. The number of amides is 2. The molecule has 0 aromatic heterocycles. The van der Waals surface area contributed by atoms with Crippen molar-refractivity contribution in [2.24, 2.45) is 4.99 Å². The zero-order chi connectivity index (χ0) is 31.3. The van der Waals surface area contributed by atoms with Crippen LogP contribution in [0, 0.1) is 0 Å². The third-order valence-corrected chi connectivity index (χ3v) is 7.24. The number of nitrogens with zero attached hydrogens (tertiary/aromatic N) is 1. The van der Waals surface area contributed by atoms with Gasteiger partial charge in [-0.15, -0.1) is 0 Å². The third-order valence-electron chi connectivity index (χ3n) is 7.24. The zero-order valence-corrected chi connectivity index (χ0v) is 25.7. The molecule has 9 nitrogen and oxygen atoms in total. The van der Waals surface area contributed by atoms with E-state index in [0.29, 0.717) is 11.3 Å². The maximum Gasteiger partial charge on any atom is 0.256 e. The number of carbonyl (C=O) groups excluding carboxylic acids is 3. The van der Waals surface area contributed by atoms with Gasteiger partial charge < -0.3 is 24.8 Å². The lowest BCUT2D eigenvalue weighted by Crippen LogP contribution is -2.32. The SMILES string of the molecule is C.COc1ccc2c(c1)C(C)(C)NC2=O.COc1cccc(C(C)(C)N=C=O)c1.COc1cccc2c1C(=O)NC2(C)C. The Kier molecular flexibility index (Phi) is 10.9. The lowest BCUT2D eigenvalue weighted by Gasteiger charge is -2.19. The van der Waals surface area contributed by atoms with Crippen molar-refractivity contribution in [2.75, 3.05) is 21.3 Å². The predicted molar refractivity (Wildman–Crippen MR) is 168 cm³/mol. The Bertz CT molecular complexity index is 1510. The maximum atomic E-state index is 11.7. The fourth-order valence-corrected chi connectivity index (χ4v) is 4.84. The number of hydrogen-bond donors (Lipinski definition) is 2. The topological polar surface area (TPSA) is 115 Å². The monoisotopic (exact) mass is 589 g/mol. The number of methoxy groups -OCH3 is 3. The summed E-state index contributed by atoms with van der Waals surface area (Å²) in [5.41, 5.74) is 3.22. The van der Waals surface area contributed by atoms with Crippen molar-refractivity contribution in [3.05, 3.63) is 88.5 Å². The van der Waals surface area contributed by atoms with E-state index < -0.39 is 5.54 Å². The van der Waals surface area contributed by atoms with Crippen LogP contribution in [-0.4, -0.2) is 39.2 Å². The van der Waals surface area contributed by atoms with Crippen molar-refractivity contribution in [3.63, 3.8) is 0 Å². The fourth-order valence-electron chi connectivity index (χ4n) is 4.84. The molecule has 2 heterocycles. The molecule has 9 heteroatoms. The van der Waals surface area contributed by atoms with Crippen molar-refractivity contribution in [1.29, 1.82) is 0 Å². The molecule has 5 rings (SSSR count). The first kappa shape index (κ1) is 34.6. The molecule has 0 aliphatic carbocycles. The summed E-state index contributed by atoms with van der Waals surface area (Å²) < 4.78 is 15.4. The Morgan fingerprint density at radius 1 is 0.744 bits per heavy atom. The first-order chi connectivity index (χ1) is 19.7. The maximum absolute atomic E-state index is 11.7. The smallest absolute Gasteiger partial charge is 0.256 e. The second-order valence-corrected chi connectivity index (χ2v) is 11.4. The van der Waals surface area contributed by atoms with E-state index in [2.05, 4.69) is 15.6 Å². The zero-order valence-electron chi connectivity index (χ0n) is 25.7. The van der Waals surface area contributed by atoms with Gasteiger partial charge in [0.05, 0.1) is 43.5 Å². The van der Waals surface area contributed by atoms with Gasteiger partial charge in [-0.05, 0) is 94.6 Å². The van der Waals surface area contributed by atoms with Crippen LogP contribution in [0.25, 0.3) is 0 Å². The molecule has 2 amide bonds. The molecular formula is C34H43N3O6. The van der Waals surface area contributed by atoms with Gasteiger partial charge in [0.15, 0.2) is 0 Å². The first-order valence-corrected chi connectivity index (χ1v) is 13.5. The summed E-state index contributed by atoms with van der Waals surface area (Å²) >= 11 is 0. The van der Waals surface area contributed by atoms with Gasteiger partial charge in [0.25, 0.3) is 11.8 Å². The molecule has 2 aliphatic heterocycles. The molecule has 0 saturated heterocycles. The van der Waals surface area contributed by atoms with Crippen LogP contribution in [0.15, 0.2) is 65.7 Å². The van der Waals surface area contributed by atoms with Crippen LogP contribution in [0.5, 0.6) is 17.2 Å². The normalized spacial score (nSPS) is 14.8. The summed E-state index contributed by atoms with van der Waals surface area (Å²) in [6.45, 7) is 11.6. The minimum absolute atomic E-state index is 0. The summed E-state index contributed by atoms with van der Waals surface area (Å²) in [6, 6.07) is 18.7. The van der Waals surface area contributed by atoms with E-state index in [1.54, 1.807) is 45.6 Å². The van der Waals surface area contributed by atoms with Gasteiger partial charge in [0.1, 0.15) is 17.2 Å². The number of nitrogens with one attached hydrogen (secondary N) is 2. The minimum Gasteiger partial charge on any atom is -0.497 e. The van der Waals surface area contributed by atoms with Crippen LogP contribution in [0.4, 0.5) is 0 Å². The lowest BCUT2D eigenvalue weighted by molar-refractivity contribution is 0.0930. The van der Waals surface area contributed by atoms with E-state index in [1.807, 2.05) is 84.0 Å². The molecule has 2 N–H and O–H groups in total. The van der Waals surface area contributed by atoms with Crippen LogP contribution >= 0.6 is 0 Å². The summed E-state index contributed by atoms with van der Waals surface area (Å²) in [5.74, 6) is 2.13. The molecule has 3 aromatic rings. The Morgan fingerprint density at radius 3 is 1.93 bits per heavy atom. The molecule has 230 valence electrons. The number of carbonyl (C=O) groups is 2. The predicted octanol–water partition coefficient (Wildman–Crippen LogP) is 6.25. The Hall–Kier alpha value is -4.62. The minimum atomic E-state index is -0.545. The van der Waals surface area contributed by atoms with Crippen LogP contribution in [0.3, 0.4) is 0 Å². The Morgan fingerprint density at radius 2 is 1.33 bits per heavy atom. The van der Waals surface area contributed by atoms with Crippen LogP contribution in [-0.2, 0) is 21.4 Å². The van der Waals surface area contributed by atoms with E-state index >= 15 is 0 Å². The summed E-state index contributed by atoms with van der Waals surface area (Å²) in [4.78, 5) is 37.2. The van der Waals surface area contributed by atoms with Crippen LogP contribution in [0.1, 0.15) is 86.4 Å². The van der Waals surface area contributed by atoms with E-state index in [-0.39, 0.29) is 30.3 Å². The molecule has 0 spiro atoms. The van der Waals surface area contributed by atoms with E-state index in [0.717, 1.165) is 33.8 Å². The van der Waals surface area contributed by atoms with Crippen LogP contribution < -0.4 is 24.8 Å². The van der Waals surface area contributed by atoms with Crippen molar-refractivity contribution < 1.29 is 28.6 Å². The van der Waals surface area contributed by atoms with Gasteiger partial charge in [-0.2, -0.15) is 4.99 Å². The molecule has 3 aromatic carbocycles. The molecular weight excluding hydrogens is 546 g/mol. The van der Waals surface area contributed by atoms with E-state index in [4.69, 9.17) is 14.2 Å². The molecule has 0 unspecified atom stereocenters. The highest BCUT2D eigenvalue weighted by Crippen LogP contribution is 2.36. The Balaban J connectivity index is 0.000000223. The van der Waals surface area contributed by atoms with Gasteiger partial charge in [-0.1, -0.05) is 31.7 Å². The van der Waals surface area contributed by atoms with Gasteiger partial charge in [0.2, 0.25) is 6.08 Å². The lowest BCUT2D eigenvalue weighted by atomic mass is 9.94. The largest absolute Gasteiger partial charge is 0.497 e. The van der Waals surface area contributed by atoms with E-state index in [1.165, 1.54) is 0 Å². The quantitative estimate of drug-likeness (QED) is 0.269. The number of rotatable bonds is 5. The highest BCUT2D eigenvalue weighted by molar-refractivity contribution is 6.02. The summed E-state index contributed by atoms with van der Waals surface area (Å²) in [5, 5.41) is 5.83. The first-order valence-electron chi connectivity index (χ1n) is 13.5. The van der Waals surface area contributed by atoms with Crippen LogP contribution in [0.2, 0.25) is 0 Å². The van der Waals surface area contributed by atoms with Gasteiger partial charge >= 0.3 is 0 Å². The van der Waals surface area contributed by atoms with Gasteiger partial charge in [0, 0.05) is 5.56 Å². The number of aliphatic imine (C=N–C) groups is 1. The second kappa shape index (κ2) is 13.6. The average molecular weight is 590 g/mol. The number of hydrogen-bond acceptors (Lipinski definition) is 7. The van der Waals surface area contributed by atoms with Gasteiger partial charge in [-0.25, -0.2) is 4.79 Å². The Labute approximate surface area is 254 Å². The number of ether oxygens (including phenoxy) is 3. The summed E-state index contributed by atoms with van der Waals surface area (Å²) in [7, 11) is 4.81. The molecule has 0 bridgehead atoms. The van der Waals surface area contributed by atoms with Crippen molar-refractivity contribution in [3.8, 4) is 17.2 Å². The molecule has 43 heavy (non-hydrogen) atoms. The third kappa shape index (κ3) is 7.62. The number of fused-ring (bicyclic) bond motifs is 2. The van der Waals surface area contributed by atoms with Crippen molar-refractivity contribution in [1.82, 2.24) is 10.6 Å². The highest BCUT2D eigenvalue weighted by Gasteiger charge is 2.37. The highest BCUT2D eigenvalue weighted by atomic mass is 16.5. The number of isocyanates is 1. The molecule has 0 radical (unpaired) electrons. The van der Waals surface area contributed by atoms with Crippen molar-refractivity contribution >= 4 is 17.9 Å². The fraction of sp³-hybridized carbons (Fsp3) is 0.382. The molecule has 0 saturated carbocycles. The van der Waals surface area contributed by atoms with Gasteiger partial charge in [-0.3, -0.25) is 9.59 Å². The molecule has 2 aliphatic rings. The number of benzene rings is 3. The molecule has 0 fully saturated rings. The average Bonchev–Trinajstić information content (AvgIpc) is 3.34. The van der Waals surface area contributed by atoms with E-state index in [9.17, 15) is 14.4 Å². The summed E-state index contributed by atoms with van der Waals surface area (Å²) in [6.07, 6.45) is 1.58. The standard InChI is InChI=1S/3C11H13NO2.CH4/c1-11(2)9-6-7(14-3)4-5-8(9)10(13)12-11;1-11(2)7-5-4-6-8(14-3)9(7)10(13)12-11;1-11(2,12-8-13)9-5-4-6-10(7-9)14-3;/h2*4-6H,1-3H3,(H,12,13);4-7H,1-3H3;1H4.